The average Bonchev–Trinajstić information content (AvgIpc) is 2.78. The maximum atomic E-state index is 12.9. The van der Waals surface area contributed by atoms with Crippen molar-refractivity contribution in [2.45, 2.75) is 12.5 Å². The zero-order chi connectivity index (χ0) is 22.7. The molecule has 0 bridgehead atoms. The number of rotatable bonds is 7. The monoisotopic (exact) mass is 433 g/mol. The topological polar surface area (TPSA) is 136 Å². The number of hydrogen-bond donors (Lipinski definition) is 2. The van der Waals surface area contributed by atoms with Gasteiger partial charge in [-0.15, -0.1) is 0 Å². The molecule has 1 heterocycles. The van der Waals surface area contributed by atoms with Crippen LogP contribution in [0.5, 0.6) is 40.2 Å². The van der Waals surface area contributed by atoms with Crippen LogP contribution in [0.1, 0.15) is 28.4 Å². The Kier molecular flexibility index (Phi) is 6.40. The fourth-order valence-corrected chi connectivity index (χ4v) is 3.36. The Morgan fingerprint density at radius 3 is 2.32 bits per heavy atom. The van der Waals surface area contributed by atoms with Crippen LogP contribution < -0.4 is 34.2 Å². The van der Waals surface area contributed by atoms with E-state index in [-0.39, 0.29) is 53.1 Å². The largest absolute Gasteiger partial charge is 0.504 e. The smallest absolute Gasteiger partial charge is 0.325 e. The second-order valence-electron chi connectivity index (χ2n) is 6.47. The number of ketones is 1. The molecule has 1 atom stereocenters. The number of Topliss-reactive ketones (excluding diaryl/α,β-unsaturated/α-hetero) is 1. The normalized spacial score (nSPS) is 14.9. The van der Waals surface area contributed by atoms with Gasteiger partial charge in [0, 0.05) is 0 Å². The predicted octanol–water partition coefficient (Wildman–Crippen LogP) is 2.00. The van der Waals surface area contributed by atoms with Gasteiger partial charge in [0.15, 0.2) is 28.8 Å². The summed E-state index contributed by atoms with van der Waals surface area (Å²) in [5.74, 6) is -0.802. The Hall–Kier alpha value is -3.66. The molecule has 2 aromatic rings. The van der Waals surface area contributed by atoms with Crippen molar-refractivity contribution < 1.29 is 43.1 Å². The van der Waals surface area contributed by atoms with Crippen molar-refractivity contribution >= 4 is 11.8 Å². The zero-order valence-electron chi connectivity index (χ0n) is 17.5. The van der Waals surface area contributed by atoms with Crippen LogP contribution in [0.15, 0.2) is 18.2 Å². The minimum Gasteiger partial charge on any atom is -0.504 e. The van der Waals surface area contributed by atoms with E-state index in [1.807, 2.05) is 0 Å². The number of carbonyl (C=O) groups excluding carboxylic acids is 2. The Bertz CT molecular complexity index is 1020. The summed E-state index contributed by atoms with van der Waals surface area (Å²) in [5, 5.41) is 10.6. The van der Waals surface area contributed by atoms with Gasteiger partial charge < -0.3 is 39.3 Å². The van der Waals surface area contributed by atoms with Crippen molar-refractivity contribution in [2.24, 2.45) is 5.73 Å². The molecule has 166 valence electrons. The lowest BCUT2D eigenvalue weighted by Crippen LogP contribution is -2.22. The maximum absolute atomic E-state index is 12.9. The van der Waals surface area contributed by atoms with E-state index in [4.69, 9.17) is 34.2 Å². The summed E-state index contributed by atoms with van der Waals surface area (Å²) in [7, 11) is 5.51. The summed E-state index contributed by atoms with van der Waals surface area (Å²) in [5.41, 5.74) is 5.79. The molecule has 0 fully saturated rings. The van der Waals surface area contributed by atoms with Gasteiger partial charge in [0.1, 0.15) is 11.7 Å². The first-order chi connectivity index (χ1) is 14.9. The lowest BCUT2D eigenvalue weighted by atomic mass is 9.94. The molecule has 31 heavy (non-hydrogen) atoms. The number of fused-ring (bicyclic) bond motifs is 1. The third kappa shape index (κ3) is 3.89. The Morgan fingerprint density at radius 2 is 1.74 bits per heavy atom. The van der Waals surface area contributed by atoms with Crippen molar-refractivity contribution in [1.82, 2.24) is 0 Å². The van der Waals surface area contributed by atoms with Gasteiger partial charge in [-0.1, -0.05) is 6.07 Å². The summed E-state index contributed by atoms with van der Waals surface area (Å²) in [6.07, 6.45) is -0.844. The number of benzene rings is 2. The van der Waals surface area contributed by atoms with Crippen LogP contribution in [-0.2, 0) is 4.79 Å². The number of esters is 1. The fourth-order valence-electron chi connectivity index (χ4n) is 3.36. The number of aromatic hydroxyl groups is 1. The molecular formula is C21H23NO9. The highest BCUT2D eigenvalue weighted by Crippen LogP contribution is 2.56. The first kappa shape index (κ1) is 22.0. The molecule has 0 aliphatic carbocycles. The molecule has 3 rings (SSSR count). The molecular weight excluding hydrogens is 410 g/mol. The number of phenols is 1. The molecule has 10 heteroatoms. The number of carbonyl (C=O) groups is 2. The minimum absolute atomic E-state index is 0.0234. The highest BCUT2D eigenvalue weighted by Gasteiger charge is 2.38. The summed E-state index contributed by atoms with van der Waals surface area (Å²) in [4.78, 5) is 24.6. The van der Waals surface area contributed by atoms with E-state index >= 15 is 0 Å². The second-order valence-corrected chi connectivity index (χ2v) is 6.47. The summed E-state index contributed by atoms with van der Waals surface area (Å²) in [6, 6.07) is 4.79. The molecule has 1 aliphatic heterocycles. The van der Waals surface area contributed by atoms with Crippen LogP contribution in [-0.4, -0.2) is 51.8 Å². The van der Waals surface area contributed by atoms with Crippen LogP contribution in [0.3, 0.4) is 0 Å². The van der Waals surface area contributed by atoms with Gasteiger partial charge in [-0.2, -0.15) is 0 Å². The van der Waals surface area contributed by atoms with E-state index in [1.165, 1.54) is 34.5 Å². The number of ether oxygens (including phenoxy) is 6. The first-order valence-electron chi connectivity index (χ1n) is 9.23. The molecule has 0 spiro atoms. The van der Waals surface area contributed by atoms with E-state index < -0.39 is 17.8 Å². The molecule has 2 aromatic carbocycles. The van der Waals surface area contributed by atoms with Gasteiger partial charge in [0.2, 0.25) is 17.2 Å². The quantitative estimate of drug-likeness (QED) is 0.493. The molecule has 1 unspecified atom stereocenters. The van der Waals surface area contributed by atoms with Crippen molar-refractivity contribution in [3.05, 3.63) is 29.3 Å². The predicted molar refractivity (Wildman–Crippen MR) is 108 cm³/mol. The molecule has 0 aromatic heterocycles. The zero-order valence-corrected chi connectivity index (χ0v) is 17.5. The van der Waals surface area contributed by atoms with E-state index in [0.29, 0.717) is 11.3 Å². The van der Waals surface area contributed by atoms with Gasteiger partial charge in [-0.3, -0.25) is 9.59 Å². The van der Waals surface area contributed by atoms with Crippen molar-refractivity contribution in [3.8, 4) is 40.2 Å². The maximum Gasteiger partial charge on any atom is 0.325 e. The van der Waals surface area contributed by atoms with Crippen LogP contribution in [0.25, 0.3) is 0 Å². The van der Waals surface area contributed by atoms with Crippen molar-refractivity contribution in [1.29, 1.82) is 0 Å². The third-order valence-corrected chi connectivity index (χ3v) is 4.77. The van der Waals surface area contributed by atoms with Crippen molar-refractivity contribution in [3.63, 3.8) is 0 Å². The van der Waals surface area contributed by atoms with E-state index in [0.717, 1.165) is 0 Å². The molecule has 0 amide bonds. The van der Waals surface area contributed by atoms with Gasteiger partial charge in [-0.05, 0) is 17.7 Å². The molecule has 0 radical (unpaired) electrons. The van der Waals surface area contributed by atoms with E-state index in [9.17, 15) is 14.7 Å². The standard InChI is InChI=1S/C21H23NO9/c1-26-12-6-5-10(7-14(12)30-15(24)9-22)13-8-11(23)16-17(25)19(27-2)21(29-4)20(28-3)18(16)31-13/h5-7,13,25H,8-9,22H2,1-4H3. The molecule has 3 N–H and O–H groups in total. The second kappa shape index (κ2) is 9.00. The van der Waals surface area contributed by atoms with Crippen LogP contribution in [0.4, 0.5) is 0 Å². The van der Waals surface area contributed by atoms with E-state index in [2.05, 4.69) is 0 Å². The summed E-state index contributed by atoms with van der Waals surface area (Å²) < 4.78 is 32.4. The van der Waals surface area contributed by atoms with Crippen LogP contribution in [0.2, 0.25) is 0 Å². The number of methoxy groups -OCH3 is 4. The summed E-state index contributed by atoms with van der Waals surface area (Å²) in [6.45, 7) is -0.308. The Balaban J connectivity index is 2.08. The Labute approximate surface area is 178 Å². The Morgan fingerprint density at radius 1 is 1.06 bits per heavy atom. The first-order valence-corrected chi connectivity index (χ1v) is 9.23. The molecule has 0 saturated heterocycles. The van der Waals surface area contributed by atoms with Gasteiger partial charge in [0.05, 0.1) is 41.4 Å². The SMILES string of the molecule is COc1ccc(C2CC(=O)c3c(O)c(OC)c(OC)c(OC)c3O2)cc1OC(=O)CN. The highest BCUT2D eigenvalue weighted by molar-refractivity contribution is 6.05. The van der Waals surface area contributed by atoms with Crippen molar-refractivity contribution in [2.75, 3.05) is 35.0 Å². The third-order valence-electron chi connectivity index (χ3n) is 4.77. The average molecular weight is 433 g/mol. The molecule has 1 aliphatic rings. The fraction of sp³-hybridized carbons (Fsp3) is 0.333. The molecule has 0 saturated carbocycles. The van der Waals surface area contributed by atoms with Gasteiger partial charge in [0.25, 0.3) is 0 Å². The van der Waals surface area contributed by atoms with Gasteiger partial charge in [-0.25, -0.2) is 0 Å². The number of hydrogen-bond acceptors (Lipinski definition) is 10. The number of nitrogens with two attached hydrogens (primary N) is 1. The summed E-state index contributed by atoms with van der Waals surface area (Å²) >= 11 is 0. The van der Waals surface area contributed by atoms with E-state index in [1.54, 1.807) is 12.1 Å². The highest BCUT2D eigenvalue weighted by atomic mass is 16.6. The van der Waals surface area contributed by atoms with Crippen LogP contribution >= 0.6 is 0 Å². The molecule has 10 nitrogen and oxygen atoms in total. The lowest BCUT2D eigenvalue weighted by molar-refractivity contribution is -0.132. The lowest BCUT2D eigenvalue weighted by Gasteiger charge is -2.29. The van der Waals surface area contributed by atoms with Crippen LogP contribution in [0, 0.1) is 0 Å². The minimum atomic E-state index is -0.757. The van der Waals surface area contributed by atoms with Gasteiger partial charge >= 0.3 is 5.97 Å². The number of phenolic OH excluding ortho intramolecular Hbond substituents is 1.